The molecule has 2 N–H and O–H groups in total. The summed E-state index contributed by atoms with van der Waals surface area (Å²) in [6, 6.07) is 8.33. The van der Waals surface area contributed by atoms with Crippen LogP contribution in [0.1, 0.15) is 18.0 Å². The summed E-state index contributed by atoms with van der Waals surface area (Å²) in [5.74, 6) is -0.249. The molecule has 68 valence electrons. The molecule has 3 nitrogen and oxygen atoms in total. The second-order valence-electron chi connectivity index (χ2n) is 2.73. The van der Waals surface area contributed by atoms with Gasteiger partial charge in [0.05, 0.1) is 12.5 Å². The van der Waals surface area contributed by atoms with Gasteiger partial charge in [0, 0.05) is 0 Å². The first-order valence-corrected chi connectivity index (χ1v) is 4.02. The Morgan fingerprint density at radius 3 is 2.54 bits per heavy atom. The molecule has 0 saturated carbocycles. The fourth-order valence-electron chi connectivity index (χ4n) is 1.06. The number of benzene rings is 1. The summed E-state index contributed by atoms with van der Waals surface area (Å²) >= 11 is 0. The van der Waals surface area contributed by atoms with Crippen LogP contribution < -0.4 is 5.73 Å². The van der Waals surface area contributed by atoms with E-state index in [1.807, 2.05) is 18.2 Å². The molecule has 1 aromatic rings. The van der Waals surface area contributed by atoms with Crippen LogP contribution in [0.25, 0.3) is 0 Å². The van der Waals surface area contributed by atoms with Crippen molar-refractivity contribution in [1.82, 2.24) is 0 Å². The number of aldehydes is 1. The van der Waals surface area contributed by atoms with Crippen molar-refractivity contribution >= 4 is 12.1 Å². The molecule has 13 heavy (non-hydrogen) atoms. The third-order valence-electron chi connectivity index (χ3n) is 1.79. The van der Waals surface area contributed by atoms with Crippen molar-refractivity contribution in [1.29, 1.82) is 0 Å². The van der Waals surface area contributed by atoms with E-state index in [9.17, 15) is 9.59 Å². The Kier molecular flexibility index (Phi) is 3.34. The van der Waals surface area contributed by atoms with Crippen molar-refractivity contribution in [3.8, 4) is 0 Å². The van der Waals surface area contributed by atoms with E-state index in [-0.39, 0.29) is 12.2 Å². The molecular weight excluding hydrogens is 166 g/mol. The van der Waals surface area contributed by atoms with Crippen LogP contribution in [0.3, 0.4) is 0 Å². The van der Waals surface area contributed by atoms with Crippen LogP contribution in [0.15, 0.2) is 30.3 Å². The monoisotopic (exact) mass is 177 g/mol. The van der Waals surface area contributed by atoms with Gasteiger partial charge < -0.3 is 10.5 Å². The summed E-state index contributed by atoms with van der Waals surface area (Å²) < 4.78 is 0. The van der Waals surface area contributed by atoms with E-state index in [2.05, 4.69) is 0 Å². The zero-order valence-corrected chi connectivity index (χ0v) is 7.14. The summed E-state index contributed by atoms with van der Waals surface area (Å²) in [4.78, 5) is 21.3. The van der Waals surface area contributed by atoms with Gasteiger partial charge in [0.2, 0.25) is 0 Å². The van der Waals surface area contributed by atoms with E-state index in [1.165, 1.54) is 0 Å². The van der Waals surface area contributed by atoms with Crippen molar-refractivity contribution in [2.24, 2.45) is 5.73 Å². The van der Waals surface area contributed by atoms with Crippen molar-refractivity contribution < 1.29 is 9.59 Å². The lowest BCUT2D eigenvalue weighted by Gasteiger charge is -2.07. The summed E-state index contributed by atoms with van der Waals surface area (Å²) in [6.07, 6.45) is 0.460. The minimum absolute atomic E-state index is 0.115. The molecule has 0 spiro atoms. The third kappa shape index (κ3) is 2.49. The second kappa shape index (κ2) is 4.52. The maximum absolute atomic E-state index is 11.2. The summed E-state index contributed by atoms with van der Waals surface area (Å²) in [7, 11) is 0. The predicted molar refractivity (Wildman–Crippen MR) is 49.1 cm³/mol. The number of carbonyl (C=O) groups excluding carboxylic acids is 2. The lowest BCUT2D eigenvalue weighted by atomic mass is 10.0. The minimum Gasteiger partial charge on any atom is -0.318 e. The highest BCUT2D eigenvalue weighted by molar-refractivity contribution is 5.94. The van der Waals surface area contributed by atoms with Crippen LogP contribution in [-0.4, -0.2) is 12.1 Å². The molecule has 0 heterocycles. The fourth-order valence-corrected chi connectivity index (χ4v) is 1.06. The Hall–Kier alpha value is -1.48. The quantitative estimate of drug-likeness (QED) is 0.547. The molecule has 0 aliphatic rings. The number of hydrogen-bond acceptors (Lipinski definition) is 3. The normalized spacial score (nSPS) is 12.1. The molecule has 3 heteroatoms. The maximum Gasteiger partial charge on any atom is 0.161 e. The van der Waals surface area contributed by atoms with Gasteiger partial charge in [0.25, 0.3) is 0 Å². The molecule has 0 fully saturated rings. The van der Waals surface area contributed by atoms with E-state index >= 15 is 0 Å². The van der Waals surface area contributed by atoms with Crippen LogP contribution in [-0.2, 0) is 9.59 Å². The predicted octanol–water partition coefficient (Wildman–Crippen LogP) is 0.844. The van der Waals surface area contributed by atoms with E-state index in [0.29, 0.717) is 6.29 Å². The number of nitrogens with two attached hydrogens (primary N) is 1. The van der Waals surface area contributed by atoms with E-state index in [4.69, 9.17) is 5.73 Å². The fraction of sp³-hybridized carbons (Fsp3) is 0.200. The first-order chi connectivity index (χ1) is 6.25. The van der Waals surface area contributed by atoms with Crippen molar-refractivity contribution in [2.75, 3.05) is 0 Å². The molecule has 0 amide bonds. The first kappa shape index (κ1) is 9.61. The molecule has 1 unspecified atom stereocenters. The summed E-state index contributed by atoms with van der Waals surface area (Å²) in [5, 5.41) is 0. The summed E-state index contributed by atoms with van der Waals surface area (Å²) in [6.45, 7) is 0. The van der Waals surface area contributed by atoms with Crippen LogP contribution in [0.2, 0.25) is 0 Å². The smallest absolute Gasteiger partial charge is 0.161 e. The molecule has 0 bridgehead atoms. The standard InChI is InChI=1S/C10H11NO2/c11-10(9(13)6-7-12)8-4-2-1-3-5-8/h1-5,7,10H,6,11H2. The van der Waals surface area contributed by atoms with Gasteiger partial charge in [-0.1, -0.05) is 30.3 Å². The molecule has 0 aliphatic heterocycles. The lowest BCUT2D eigenvalue weighted by molar-refractivity contribution is -0.123. The first-order valence-electron chi connectivity index (χ1n) is 4.02. The molecular formula is C10H11NO2. The van der Waals surface area contributed by atoms with Crippen LogP contribution in [0.4, 0.5) is 0 Å². The Balaban J connectivity index is 2.73. The number of hydrogen-bond donors (Lipinski definition) is 1. The largest absolute Gasteiger partial charge is 0.318 e. The maximum atomic E-state index is 11.2. The minimum atomic E-state index is -0.675. The van der Waals surface area contributed by atoms with Crippen LogP contribution >= 0.6 is 0 Å². The van der Waals surface area contributed by atoms with Gasteiger partial charge in [-0.3, -0.25) is 4.79 Å². The van der Waals surface area contributed by atoms with Gasteiger partial charge in [-0.15, -0.1) is 0 Å². The highest BCUT2D eigenvalue weighted by Gasteiger charge is 2.13. The van der Waals surface area contributed by atoms with Gasteiger partial charge in [-0.25, -0.2) is 0 Å². The molecule has 1 rings (SSSR count). The molecule has 1 atom stereocenters. The van der Waals surface area contributed by atoms with Gasteiger partial charge in [-0.2, -0.15) is 0 Å². The molecule has 0 aliphatic carbocycles. The number of Topliss-reactive ketones (excluding diaryl/α,β-unsaturated/α-hetero) is 1. The SMILES string of the molecule is NC(C(=O)CC=O)c1ccccc1. The van der Waals surface area contributed by atoms with Gasteiger partial charge in [0.15, 0.2) is 5.78 Å². The van der Waals surface area contributed by atoms with Gasteiger partial charge in [-0.05, 0) is 5.56 Å². The Bertz CT molecular complexity index is 295. The molecule has 0 aromatic heterocycles. The van der Waals surface area contributed by atoms with Crippen molar-refractivity contribution in [2.45, 2.75) is 12.5 Å². The van der Waals surface area contributed by atoms with Crippen molar-refractivity contribution in [3.05, 3.63) is 35.9 Å². The van der Waals surface area contributed by atoms with E-state index in [0.717, 1.165) is 5.56 Å². The topological polar surface area (TPSA) is 60.2 Å². The van der Waals surface area contributed by atoms with Crippen LogP contribution in [0.5, 0.6) is 0 Å². The number of carbonyl (C=O) groups is 2. The Morgan fingerprint density at radius 1 is 1.38 bits per heavy atom. The third-order valence-corrected chi connectivity index (χ3v) is 1.79. The Labute approximate surface area is 76.6 Å². The lowest BCUT2D eigenvalue weighted by Crippen LogP contribution is -2.21. The zero-order chi connectivity index (χ0) is 9.68. The number of ketones is 1. The highest BCUT2D eigenvalue weighted by Crippen LogP contribution is 2.10. The molecule has 0 radical (unpaired) electrons. The summed E-state index contributed by atoms with van der Waals surface area (Å²) in [5.41, 5.74) is 6.36. The average Bonchev–Trinajstić information content (AvgIpc) is 2.18. The van der Waals surface area contributed by atoms with Gasteiger partial charge >= 0.3 is 0 Å². The van der Waals surface area contributed by atoms with E-state index in [1.54, 1.807) is 12.1 Å². The zero-order valence-electron chi connectivity index (χ0n) is 7.14. The average molecular weight is 177 g/mol. The van der Waals surface area contributed by atoms with E-state index < -0.39 is 6.04 Å². The van der Waals surface area contributed by atoms with Gasteiger partial charge in [0.1, 0.15) is 6.29 Å². The highest BCUT2D eigenvalue weighted by atomic mass is 16.1. The molecule has 1 aromatic carbocycles. The second-order valence-corrected chi connectivity index (χ2v) is 2.73. The van der Waals surface area contributed by atoms with Crippen molar-refractivity contribution in [3.63, 3.8) is 0 Å². The Morgan fingerprint density at radius 2 is 2.00 bits per heavy atom. The molecule has 0 saturated heterocycles. The number of rotatable bonds is 4. The van der Waals surface area contributed by atoms with Crippen LogP contribution in [0, 0.1) is 0 Å².